The van der Waals surface area contributed by atoms with Crippen molar-refractivity contribution < 1.29 is 9.53 Å². The van der Waals surface area contributed by atoms with Crippen LogP contribution in [0.3, 0.4) is 0 Å². The van der Waals surface area contributed by atoms with E-state index < -0.39 is 0 Å². The molecule has 2 atom stereocenters. The van der Waals surface area contributed by atoms with Gasteiger partial charge in [0.25, 0.3) is 0 Å². The van der Waals surface area contributed by atoms with Crippen molar-refractivity contribution in [1.29, 1.82) is 0 Å². The van der Waals surface area contributed by atoms with Crippen molar-refractivity contribution in [3.63, 3.8) is 0 Å². The average molecular weight is 357 g/mol. The number of benzene rings is 1. The summed E-state index contributed by atoms with van der Waals surface area (Å²) < 4.78 is 7.24. The van der Waals surface area contributed by atoms with E-state index >= 15 is 0 Å². The van der Waals surface area contributed by atoms with Gasteiger partial charge in [-0.1, -0.05) is 49.2 Å². The number of cyclic esters (lactones) is 1. The summed E-state index contributed by atoms with van der Waals surface area (Å²) in [6.07, 6.45) is 6.85. The molecule has 2 fully saturated rings. The van der Waals surface area contributed by atoms with Gasteiger partial charge in [-0.05, 0) is 31.9 Å². The lowest BCUT2D eigenvalue weighted by Crippen LogP contribution is -2.12. The molecule has 0 amide bonds. The number of thioether (sulfide) groups is 1. The molecule has 0 spiro atoms. The van der Waals surface area contributed by atoms with Crippen molar-refractivity contribution in [2.45, 2.75) is 67.9 Å². The zero-order chi connectivity index (χ0) is 17.2. The predicted molar refractivity (Wildman–Crippen MR) is 97.0 cm³/mol. The van der Waals surface area contributed by atoms with Crippen molar-refractivity contribution in [2.75, 3.05) is 0 Å². The van der Waals surface area contributed by atoms with E-state index in [1.807, 2.05) is 29.8 Å². The van der Waals surface area contributed by atoms with Crippen molar-refractivity contribution in [2.24, 2.45) is 0 Å². The average Bonchev–Trinajstić information content (AvgIpc) is 3.20. The highest BCUT2D eigenvalue weighted by molar-refractivity contribution is 8.00. The van der Waals surface area contributed by atoms with Gasteiger partial charge < -0.3 is 4.74 Å². The Hall–Kier alpha value is -1.82. The predicted octanol–water partition coefficient (Wildman–Crippen LogP) is 4.11. The standard InChI is InChI=1S/C19H23N3O2S/c1-13-12-16(18(23)24-13)25-19-20-17(14-8-4-2-5-9-14)22(21-19)15-10-6-3-7-11-15/h3,6-7,10-11,13-14,16H,2,4-5,8-9,12H2,1H3/t13-,16-/m0/s1. The second kappa shape index (κ2) is 7.20. The molecule has 5 nitrogen and oxygen atoms in total. The Morgan fingerprint density at radius 2 is 1.92 bits per heavy atom. The summed E-state index contributed by atoms with van der Waals surface area (Å²) in [5, 5.41) is 5.23. The molecular formula is C19H23N3O2S. The zero-order valence-corrected chi connectivity index (χ0v) is 15.2. The van der Waals surface area contributed by atoms with E-state index in [1.165, 1.54) is 31.0 Å². The number of nitrogens with zero attached hydrogens (tertiary/aromatic N) is 3. The van der Waals surface area contributed by atoms with E-state index in [2.05, 4.69) is 12.1 Å². The van der Waals surface area contributed by atoms with Crippen LogP contribution in [-0.4, -0.2) is 32.1 Å². The van der Waals surface area contributed by atoms with Crippen LogP contribution in [0, 0.1) is 0 Å². The number of carbonyl (C=O) groups is 1. The highest BCUT2D eigenvalue weighted by Gasteiger charge is 2.34. The van der Waals surface area contributed by atoms with Crippen molar-refractivity contribution in [3.05, 3.63) is 36.2 Å². The molecule has 1 aliphatic carbocycles. The molecule has 2 heterocycles. The Morgan fingerprint density at radius 1 is 1.16 bits per heavy atom. The molecule has 0 radical (unpaired) electrons. The maximum Gasteiger partial charge on any atom is 0.319 e. The summed E-state index contributed by atoms with van der Waals surface area (Å²) in [4.78, 5) is 16.8. The van der Waals surface area contributed by atoms with Crippen molar-refractivity contribution >= 4 is 17.7 Å². The summed E-state index contributed by atoms with van der Waals surface area (Å²) in [5.41, 5.74) is 1.03. The number of ether oxygens (including phenoxy) is 1. The van der Waals surface area contributed by atoms with E-state index in [9.17, 15) is 4.79 Å². The second-order valence-electron chi connectivity index (χ2n) is 6.92. The van der Waals surface area contributed by atoms with E-state index in [0.29, 0.717) is 11.1 Å². The third kappa shape index (κ3) is 3.59. The molecule has 2 aromatic rings. The Kier molecular flexibility index (Phi) is 4.79. The first kappa shape index (κ1) is 16.6. The van der Waals surface area contributed by atoms with Gasteiger partial charge in [0.2, 0.25) is 5.16 Å². The molecule has 25 heavy (non-hydrogen) atoms. The molecule has 4 rings (SSSR count). The van der Waals surface area contributed by atoms with Gasteiger partial charge in [0, 0.05) is 12.3 Å². The van der Waals surface area contributed by atoms with Gasteiger partial charge in [0.15, 0.2) is 0 Å². The maximum atomic E-state index is 11.9. The second-order valence-corrected chi connectivity index (χ2v) is 8.09. The van der Waals surface area contributed by atoms with E-state index in [4.69, 9.17) is 14.8 Å². The number of para-hydroxylation sites is 1. The van der Waals surface area contributed by atoms with Gasteiger partial charge in [0.1, 0.15) is 17.2 Å². The zero-order valence-electron chi connectivity index (χ0n) is 14.4. The Morgan fingerprint density at radius 3 is 2.60 bits per heavy atom. The fourth-order valence-corrected chi connectivity index (χ4v) is 4.73. The molecule has 0 unspecified atom stereocenters. The largest absolute Gasteiger partial charge is 0.462 e. The first-order chi connectivity index (χ1) is 12.2. The van der Waals surface area contributed by atoms with Crippen LogP contribution in [0.2, 0.25) is 0 Å². The topological polar surface area (TPSA) is 57.0 Å². The van der Waals surface area contributed by atoms with Crippen molar-refractivity contribution in [3.8, 4) is 5.69 Å². The lowest BCUT2D eigenvalue weighted by Gasteiger charge is -2.21. The van der Waals surface area contributed by atoms with Crippen molar-refractivity contribution in [1.82, 2.24) is 14.8 Å². The lowest BCUT2D eigenvalue weighted by atomic mass is 9.88. The molecule has 1 saturated carbocycles. The first-order valence-corrected chi connectivity index (χ1v) is 9.98. The minimum absolute atomic E-state index is 0.0148. The quantitative estimate of drug-likeness (QED) is 0.771. The third-order valence-electron chi connectivity index (χ3n) is 4.96. The number of aromatic nitrogens is 3. The van der Waals surface area contributed by atoms with Gasteiger partial charge in [-0.25, -0.2) is 9.67 Å². The molecule has 1 aromatic heterocycles. The molecule has 1 saturated heterocycles. The third-order valence-corrected chi connectivity index (χ3v) is 6.01. The molecule has 1 aliphatic heterocycles. The first-order valence-electron chi connectivity index (χ1n) is 9.10. The van der Waals surface area contributed by atoms with Crippen LogP contribution in [0.5, 0.6) is 0 Å². The minimum Gasteiger partial charge on any atom is -0.462 e. The van der Waals surface area contributed by atoms with Crippen LogP contribution in [0.25, 0.3) is 5.69 Å². The summed E-state index contributed by atoms with van der Waals surface area (Å²) in [6, 6.07) is 10.2. The number of rotatable bonds is 4. The molecule has 132 valence electrons. The van der Waals surface area contributed by atoms with Gasteiger partial charge in [-0.15, -0.1) is 5.10 Å². The molecular weight excluding hydrogens is 334 g/mol. The van der Waals surface area contributed by atoms with Gasteiger partial charge in [-0.2, -0.15) is 0 Å². The van der Waals surface area contributed by atoms with E-state index in [1.54, 1.807) is 0 Å². The minimum atomic E-state index is -0.194. The molecule has 0 bridgehead atoms. The highest BCUT2D eigenvalue weighted by atomic mass is 32.2. The van der Waals surface area contributed by atoms with Gasteiger partial charge >= 0.3 is 5.97 Å². The Balaban J connectivity index is 1.64. The molecule has 1 aromatic carbocycles. The Labute approximate surface area is 152 Å². The van der Waals surface area contributed by atoms with E-state index in [0.717, 1.165) is 30.8 Å². The van der Waals surface area contributed by atoms with Crippen LogP contribution in [-0.2, 0) is 9.53 Å². The summed E-state index contributed by atoms with van der Waals surface area (Å²) in [5.74, 6) is 1.34. The van der Waals surface area contributed by atoms with Crippen LogP contribution in [0.4, 0.5) is 0 Å². The number of hydrogen-bond acceptors (Lipinski definition) is 5. The number of hydrogen-bond donors (Lipinski definition) is 0. The van der Waals surface area contributed by atoms with Gasteiger partial charge in [-0.3, -0.25) is 4.79 Å². The molecule has 2 aliphatic rings. The normalized spacial score (nSPS) is 24.4. The summed E-state index contributed by atoms with van der Waals surface area (Å²) in [7, 11) is 0. The smallest absolute Gasteiger partial charge is 0.319 e. The van der Waals surface area contributed by atoms with Crippen LogP contribution >= 0.6 is 11.8 Å². The molecule has 0 N–H and O–H groups in total. The summed E-state index contributed by atoms with van der Waals surface area (Å²) >= 11 is 1.44. The fraction of sp³-hybridized carbons (Fsp3) is 0.526. The molecule has 6 heteroatoms. The van der Waals surface area contributed by atoms with Gasteiger partial charge in [0.05, 0.1) is 5.69 Å². The lowest BCUT2D eigenvalue weighted by molar-refractivity contribution is -0.140. The maximum absolute atomic E-state index is 11.9. The van der Waals surface area contributed by atoms with Crippen LogP contribution in [0.1, 0.15) is 57.2 Å². The fourth-order valence-electron chi connectivity index (χ4n) is 3.68. The monoisotopic (exact) mass is 357 g/mol. The summed E-state index contributed by atoms with van der Waals surface area (Å²) in [6.45, 7) is 1.93. The Bertz CT molecular complexity index is 740. The number of esters is 1. The highest BCUT2D eigenvalue weighted by Crippen LogP contribution is 2.36. The number of carbonyl (C=O) groups excluding carboxylic acids is 1. The van der Waals surface area contributed by atoms with Crippen LogP contribution in [0.15, 0.2) is 35.5 Å². The SMILES string of the molecule is C[C@H]1C[C@H](Sc2nc(C3CCCCC3)n(-c3ccccc3)n2)C(=O)O1. The van der Waals surface area contributed by atoms with Crippen LogP contribution < -0.4 is 0 Å². The van der Waals surface area contributed by atoms with E-state index in [-0.39, 0.29) is 17.3 Å².